The van der Waals surface area contributed by atoms with Crippen LogP contribution in [0.3, 0.4) is 0 Å². The maximum absolute atomic E-state index is 12.1. The van der Waals surface area contributed by atoms with E-state index in [0.29, 0.717) is 32.9 Å². The van der Waals surface area contributed by atoms with Crippen LogP contribution in [-0.4, -0.2) is 69.5 Å². The molecule has 1 unspecified atom stereocenters. The highest BCUT2D eigenvalue weighted by Gasteiger charge is 2.27. The molecular weight excluding hydrogens is 294 g/mol. The first-order valence-electron chi connectivity index (χ1n) is 8.89. The van der Waals surface area contributed by atoms with Crippen LogP contribution in [0.4, 0.5) is 0 Å². The minimum Gasteiger partial charge on any atom is -0.379 e. The van der Waals surface area contributed by atoms with Crippen LogP contribution in [0.25, 0.3) is 0 Å². The van der Waals surface area contributed by atoms with Gasteiger partial charge in [0.25, 0.3) is 0 Å². The average molecular weight is 336 g/mol. The van der Waals surface area contributed by atoms with Crippen LogP contribution in [0, 0.1) is 5.41 Å². The highest BCUT2D eigenvalue weighted by atomic mass is 16.5. The van der Waals surface area contributed by atoms with Crippen molar-refractivity contribution < 1.29 is 17.1 Å². The molecule has 0 aromatic rings. The molecule has 1 aliphatic heterocycles. The molecule has 0 bridgehead atoms. The Morgan fingerprint density at radius 1 is 1.43 bits per heavy atom. The van der Waals surface area contributed by atoms with E-state index in [1.54, 1.807) is 0 Å². The summed E-state index contributed by atoms with van der Waals surface area (Å²) in [6.45, 7) is 15.7. The molecule has 0 aliphatic carbocycles. The fourth-order valence-corrected chi connectivity index (χ4v) is 2.09. The quantitative estimate of drug-likeness (QED) is 0.628. The summed E-state index contributed by atoms with van der Waals surface area (Å²) in [5.74, 6) is 0.0944. The Balaban J connectivity index is -0.00000116. The molecule has 0 aromatic carbocycles. The number of hydrogen-bond acceptors (Lipinski definition) is 5. The largest absolute Gasteiger partial charge is 0.379 e. The molecule has 1 aliphatic rings. The van der Waals surface area contributed by atoms with Crippen LogP contribution in [0.1, 0.15) is 43.9 Å². The van der Waals surface area contributed by atoms with E-state index >= 15 is 0 Å². The predicted octanol–water partition coefficient (Wildman–Crippen LogP) is 1.73. The highest BCUT2D eigenvalue weighted by Crippen LogP contribution is 2.19. The number of nitrogens with zero attached hydrogens (tertiary/aromatic N) is 1. The molecule has 6 heteroatoms. The first-order chi connectivity index (χ1) is 11.0. The van der Waals surface area contributed by atoms with Gasteiger partial charge in [-0.2, -0.15) is 0 Å². The van der Waals surface area contributed by atoms with Gasteiger partial charge in [-0.3, -0.25) is 9.69 Å². The van der Waals surface area contributed by atoms with Gasteiger partial charge in [-0.1, -0.05) is 34.6 Å². The van der Waals surface area contributed by atoms with Gasteiger partial charge in [0.1, 0.15) is 0 Å². The second-order valence-electron chi connectivity index (χ2n) is 6.14. The molecule has 0 spiro atoms. The predicted molar refractivity (Wildman–Crippen MR) is 98.7 cm³/mol. The molecule has 1 heterocycles. The van der Waals surface area contributed by atoms with Crippen LogP contribution in [0.5, 0.6) is 0 Å². The minimum absolute atomic E-state index is 0. The van der Waals surface area contributed by atoms with Gasteiger partial charge >= 0.3 is 0 Å². The standard InChI is InChI=1S/C15H31N3O3.C2H6.2H2/c1-4-15(2,3)14(19)17-11-13-12-18(7-10-21-13)6-9-20-8-5-16;1-2;;/h13H,4-12,16H2,1-3H3,(H,17,19);1-2H3;2*1H. The number of ether oxygens (including phenoxy) is 2. The monoisotopic (exact) mass is 335 g/mol. The molecule has 1 rings (SSSR count). The molecule has 0 aromatic heterocycles. The van der Waals surface area contributed by atoms with Crippen molar-refractivity contribution in [1.82, 2.24) is 10.2 Å². The Hall–Kier alpha value is -0.690. The van der Waals surface area contributed by atoms with Gasteiger partial charge < -0.3 is 20.5 Å². The molecule has 23 heavy (non-hydrogen) atoms. The van der Waals surface area contributed by atoms with Gasteiger partial charge in [0.2, 0.25) is 5.91 Å². The smallest absolute Gasteiger partial charge is 0.225 e. The Morgan fingerprint density at radius 3 is 2.74 bits per heavy atom. The van der Waals surface area contributed by atoms with E-state index in [9.17, 15) is 4.79 Å². The molecule has 3 N–H and O–H groups in total. The van der Waals surface area contributed by atoms with E-state index in [1.807, 2.05) is 34.6 Å². The summed E-state index contributed by atoms with van der Waals surface area (Å²) in [6, 6.07) is 0. The molecule has 0 saturated carbocycles. The van der Waals surface area contributed by atoms with Gasteiger partial charge in [-0.05, 0) is 6.42 Å². The summed E-state index contributed by atoms with van der Waals surface area (Å²) in [5, 5.41) is 3.00. The highest BCUT2D eigenvalue weighted by molar-refractivity contribution is 5.81. The van der Waals surface area contributed by atoms with E-state index in [0.717, 1.165) is 26.1 Å². The van der Waals surface area contributed by atoms with E-state index in [4.69, 9.17) is 15.2 Å². The maximum atomic E-state index is 12.1. The normalized spacial score (nSPS) is 19.0. The van der Waals surface area contributed by atoms with Gasteiger partial charge in [0.15, 0.2) is 0 Å². The molecule has 1 amide bonds. The summed E-state index contributed by atoms with van der Waals surface area (Å²) in [4.78, 5) is 14.4. The third-order valence-corrected chi connectivity index (χ3v) is 4.03. The van der Waals surface area contributed by atoms with Crippen LogP contribution in [-0.2, 0) is 14.3 Å². The number of hydrogen-bond donors (Lipinski definition) is 2. The van der Waals surface area contributed by atoms with Crippen molar-refractivity contribution in [2.75, 3.05) is 52.5 Å². The molecule has 1 fully saturated rings. The van der Waals surface area contributed by atoms with Crippen molar-refractivity contribution in [3.8, 4) is 0 Å². The molecule has 1 atom stereocenters. The fraction of sp³-hybridized carbons (Fsp3) is 0.941. The second-order valence-corrected chi connectivity index (χ2v) is 6.14. The third-order valence-electron chi connectivity index (χ3n) is 4.03. The van der Waals surface area contributed by atoms with Gasteiger partial charge in [0, 0.05) is 41.0 Å². The summed E-state index contributed by atoms with van der Waals surface area (Å²) in [5.41, 5.74) is 5.07. The number of nitrogens with one attached hydrogen (secondary N) is 1. The van der Waals surface area contributed by atoms with Crippen molar-refractivity contribution >= 4 is 5.91 Å². The van der Waals surface area contributed by atoms with Crippen molar-refractivity contribution in [2.45, 2.75) is 47.1 Å². The Morgan fingerprint density at radius 2 is 2.13 bits per heavy atom. The van der Waals surface area contributed by atoms with Crippen molar-refractivity contribution in [3.05, 3.63) is 0 Å². The number of nitrogens with two attached hydrogens (primary N) is 1. The molecule has 0 radical (unpaired) electrons. The second kappa shape index (κ2) is 12.7. The summed E-state index contributed by atoms with van der Waals surface area (Å²) in [6.07, 6.45) is 0.888. The van der Waals surface area contributed by atoms with Crippen LogP contribution < -0.4 is 11.1 Å². The van der Waals surface area contributed by atoms with E-state index in [1.165, 1.54) is 0 Å². The zero-order valence-electron chi connectivity index (χ0n) is 15.7. The van der Waals surface area contributed by atoms with Crippen molar-refractivity contribution in [1.29, 1.82) is 0 Å². The minimum atomic E-state index is -0.315. The van der Waals surface area contributed by atoms with Gasteiger partial charge in [0.05, 0.1) is 25.9 Å². The zero-order valence-corrected chi connectivity index (χ0v) is 15.7. The molecular formula is C17H41N3O3. The lowest BCUT2D eigenvalue weighted by molar-refractivity contribution is -0.130. The zero-order chi connectivity index (χ0) is 17.7. The van der Waals surface area contributed by atoms with Gasteiger partial charge in [-0.25, -0.2) is 0 Å². The number of amides is 1. The van der Waals surface area contributed by atoms with Crippen molar-refractivity contribution in [3.63, 3.8) is 0 Å². The van der Waals surface area contributed by atoms with Crippen LogP contribution in [0.2, 0.25) is 0 Å². The van der Waals surface area contributed by atoms with Crippen LogP contribution in [0.15, 0.2) is 0 Å². The Bertz CT molecular complexity index is 322. The van der Waals surface area contributed by atoms with E-state index in [-0.39, 0.29) is 20.3 Å². The number of rotatable bonds is 9. The van der Waals surface area contributed by atoms with E-state index < -0.39 is 0 Å². The van der Waals surface area contributed by atoms with Crippen molar-refractivity contribution in [2.24, 2.45) is 11.1 Å². The number of carbonyl (C=O) groups is 1. The first-order valence-corrected chi connectivity index (χ1v) is 8.89. The lowest BCUT2D eigenvalue weighted by atomic mass is 9.89. The Kier molecular flexibility index (Phi) is 12.3. The fourth-order valence-electron chi connectivity index (χ4n) is 2.09. The van der Waals surface area contributed by atoms with Gasteiger partial charge in [-0.15, -0.1) is 0 Å². The molecule has 142 valence electrons. The summed E-state index contributed by atoms with van der Waals surface area (Å²) < 4.78 is 11.1. The topological polar surface area (TPSA) is 76.8 Å². The first kappa shape index (κ1) is 22.3. The van der Waals surface area contributed by atoms with Crippen LogP contribution >= 0.6 is 0 Å². The van der Waals surface area contributed by atoms with E-state index in [2.05, 4.69) is 10.2 Å². The molecule has 1 saturated heterocycles. The maximum Gasteiger partial charge on any atom is 0.225 e. The number of morpholine rings is 1. The third kappa shape index (κ3) is 9.25. The Labute approximate surface area is 145 Å². The number of carbonyl (C=O) groups excluding carboxylic acids is 1. The SMILES string of the molecule is CC.CCC(C)(C)C(=O)NCC1CN(CCOCCN)CCO1.[HH].[HH]. The molecule has 6 nitrogen and oxygen atoms in total. The summed E-state index contributed by atoms with van der Waals surface area (Å²) in [7, 11) is 0. The lowest BCUT2D eigenvalue weighted by Crippen LogP contribution is -2.49. The average Bonchev–Trinajstić information content (AvgIpc) is 2.58. The lowest BCUT2D eigenvalue weighted by Gasteiger charge is -2.33. The summed E-state index contributed by atoms with van der Waals surface area (Å²) >= 11 is 0.